The molecule has 0 spiro atoms. The number of rotatable bonds is 8. The van der Waals surface area contributed by atoms with Crippen molar-refractivity contribution < 1.29 is 42.8 Å². The van der Waals surface area contributed by atoms with Gasteiger partial charge in [0.15, 0.2) is 6.23 Å². The van der Waals surface area contributed by atoms with Crippen LogP contribution >= 0.6 is 7.60 Å². The van der Waals surface area contributed by atoms with E-state index in [1.54, 1.807) is 13.0 Å². The Balaban J connectivity index is 1.62. The van der Waals surface area contributed by atoms with Gasteiger partial charge in [-0.25, -0.2) is 23.6 Å². The summed E-state index contributed by atoms with van der Waals surface area (Å²) in [5.74, 6) is -1.54. The fourth-order valence-corrected chi connectivity index (χ4v) is 4.08. The van der Waals surface area contributed by atoms with Gasteiger partial charge < -0.3 is 29.7 Å². The SMILES string of the molecule is CC(Nc1nc(C#N)nc2c1ccn2[C@@H]1O[C@H](COOP(C)(=O)O)[C@@H](O)[C@H]1O)c1ccc(F)cc1F. The van der Waals surface area contributed by atoms with Crippen LogP contribution in [0.15, 0.2) is 30.5 Å². The number of aliphatic hydroxyl groups is 2. The smallest absolute Gasteiger partial charge is 0.352 e. The number of nitriles is 1. The number of anilines is 1. The second-order valence-electron chi connectivity index (χ2n) is 8.21. The summed E-state index contributed by atoms with van der Waals surface area (Å²) in [4.78, 5) is 22.1. The minimum Gasteiger partial charge on any atom is -0.387 e. The molecule has 1 aromatic carbocycles. The van der Waals surface area contributed by atoms with Crippen molar-refractivity contribution in [2.24, 2.45) is 0 Å². The zero-order valence-electron chi connectivity index (χ0n) is 18.9. The van der Waals surface area contributed by atoms with Gasteiger partial charge in [-0.3, -0.25) is 4.57 Å². The van der Waals surface area contributed by atoms with E-state index in [1.807, 2.05) is 6.07 Å². The van der Waals surface area contributed by atoms with Crippen molar-refractivity contribution in [2.75, 3.05) is 18.6 Å². The van der Waals surface area contributed by atoms with E-state index in [2.05, 4.69) is 24.8 Å². The lowest BCUT2D eigenvalue weighted by molar-refractivity contribution is -0.238. The first kappa shape index (κ1) is 26.1. The molecule has 1 saturated heterocycles. The third-order valence-electron chi connectivity index (χ3n) is 5.49. The summed E-state index contributed by atoms with van der Waals surface area (Å²) in [5.41, 5.74) is 0.335. The van der Waals surface area contributed by atoms with Crippen LogP contribution in [0.5, 0.6) is 0 Å². The third kappa shape index (κ3) is 5.37. The molecule has 192 valence electrons. The van der Waals surface area contributed by atoms with Crippen LogP contribution in [0.2, 0.25) is 0 Å². The molecule has 1 fully saturated rings. The van der Waals surface area contributed by atoms with Gasteiger partial charge in [0.25, 0.3) is 0 Å². The topological polar surface area (TPSA) is 172 Å². The van der Waals surface area contributed by atoms with Crippen molar-refractivity contribution >= 4 is 24.4 Å². The Morgan fingerprint density at radius 2 is 2.06 bits per heavy atom. The lowest BCUT2D eigenvalue weighted by atomic mass is 10.1. The van der Waals surface area contributed by atoms with Gasteiger partial charge >= 0.3 is 7.60 Å². The highest BCUT2D eigenvalue weighted by molar-refractivity contribution is 7.51. The van der Waals surface area contributed by atoms with Gasteiger partial charge in [0, 0.05) is 24.5 Å². The first-order valence-corrected chi connectivity index (χ1v) is 12.6. The Hall–Kier alpha value is -3.02. The fraction of sp³-hybridized carbons (Fsp3) is 0.381. The molecule has 0 saturated carbocycles. The molecule has 1 aliphatic heterocycles. The van der Waals surface area contributed by atoms with Crippen molar-refractivity contribution in [2.45, 2.75) is 37.5 Å². The van der Waals surface area contributed by atoms with Crippen LogP contribution in [-0.4, -0.2) is 61.2 Å². The number of fused-ring (bicyclic) bond motifs is 1. The number of halogens is 2. The molecule has 4 rings (SSSR count). The highest BCUT2D eigenvalue weighted by Crippen LogP contribution is 2.38. The molecule has 36 heavy (non-hydrogen) atoms. The quantitative estimate of drug-likeness (QED) is 0.193. The number of aromatic nitrogens is 3. The predicted molar refractivity (Wildman–Crippen MR) is 119 cm³/mol. The van der Waals surface area contributed by atoms with Gasteiger partial charge in [0.05, 0.1) is 11.4 Å². The normalized spacial score (nSPS) is 24.4. The van der Waals surface area contributed by atoms with Crippen LogP contribution in [-0.2, 0) is 18.9 Å². The molecule has 3 heterocycles. The lowest BCUT2D eigenvalue weighted by Crippen LogP contribution is -2.33. The third-order valence-corrected chi connectivity index (χ3v) is 5.87. The number of nitrogens with zero attached hydrogens (tertiary/aromatic N) is 4. The molecule has 6 atom stereocenters. The van der Waals surface area contributed by atoms with Crippen LogP contribution in [0.3, 0.4) is 0 Å². The number of aliphatic hydroxyl groups excluding tert-OH is 2. The molecule has 1 aliphatic rings. The highest BCUT2D eigenvalue weighted by atomic mass is 31.2. The van der Waals surface area contributed by atoms with E-state index in [4.69, 9.17) is 9.63 Å². The van der Waals surface area contributed by atoms with Crippen LogP contribution in [0, 0.1) is 23.0 Å². The second-order valence-corrected chi connectivity index (χ2v) is 9.96. The summed E-state index contributed by atoms with van der Waals surface area (Å²) in [6.07, 6.45) is -3.70. The largest absolute Gasteiger partial charge is 0.387 e. The zero-order valence-corrected chi connectivity index (χ0v) is 19.8. The summed E-state index contributed by atoms with van der Waals surface area (Å²) in [5, 5.41) is 33.7. The molecule has 0 amide bonds. The van der Waals surface area contributed by atoms with Gasteiger partial charge in [-0.05, 0) is 19.1 Å². The van der Waals surface area contributed by atoms with E-state index in [9.17, 15) is 28.8 Å². The van der Waals surface area contributed by atoms with Crippen LogP contribution in [0.4, 0.5) is 14.6 Å². The Morgan fingerprint density at radius 1 is 1.31 bits per heavy atom. The Morgan fingerprint density at radius 3 is 2.72 bits per heavy atom. The van der Waals surface area contributed by atoms with E-state index >= 15 is 0 Å². The molecule has 3 aromatic rings. The average molecular weight is 525 g/mol. The maximum absolute atomic E-state index is 14.3. The average Bonchev–Trinajstić information content (AvgIpc) is 3.34. The predicted octanol–water partition coefficient (Wildman–Crippen LogP) is 2.14. The van der Waals surface area contributed by atoms with E-state index in [1.165, 1.54) is 16.8 Å². The zero-order chi connectivity index (χ0) is 26.2. The number of nitrogens with one attached hydrogen (secondary N) is 1. The molecule has 12 nitrogen and oxygen atoms in total. The summed E-state index contributed by atoms with van der Waals surface area (Å²) in [6, 6.07) is 5.91. The Kier molecular flexibility index (Phi) is 7.35. The van der Waals surface area contributed by atoms with Gasteiger partial charge in [-0.15, -0.1) is 4.67 Å². The molecule has 4 N–H and O–H groups in total. The molecule has 15 heteroatoms. The Labute approximate surface area is 203 Å². The molecular formula is C21H22F2N5O7P. The number of ether oxygens (including phenoxy) is 1. The summed E-state index contributed by atoms with van der Waals surface area (Å²) in [6.45, 7) is 2.08. The minimum atomic E-state index is -3.93. The molecular weight excluding hydrogens is 503 g/mol. The number of benzene rings is 1. The summed E-state index contributed by atoms with van der Waals surface area (Å²) < 4.78 is 50.1. The van der Waals surface area contributed by atoms with Crippen molar-refractivity contribution in [3.05, 3.63) is 53.5 Å². The van der Waals surface area contributed by atoms with E-state index in [0.29, 0.717) is 5.39 Å². The van der Waals surface area contributed by atoms with Gasteiger partial charge in [0.1, 0.15) is 54.1 Å². The maximum atomic E-state index is 14.3. The van der Waals surface area contributed by atoms with E-state index < -0.39 is 56.4 Å². The fourth-order valence-electron chi connectivity index (χ4n) is 3.83. The van der Waals surface area contributed by atoms with Crippen LogP contribution in [0.25, 0.3) is 11.0 Å². The standard InChI is InChI=1S/C21H22F2N5O7P/c1-10(12-4-3-11(22)7-14(12)23)25-19-13-5-6-28(20(13)27-16(8-24)26-19)21-18(30)17(29)15(34-21)9-33-35-36(2,31)32/h3-7,10,15,17-18,21,29-30H,9H2,1-2H3,(H,31,32)(H,25,26,27)/t10?,15-,17-,18-,21-/m1/s1. The second kappa shape index (κ2) is 10.2. The van der Waals surface area contributed by atoms with Crippen molar-refractivity contribution in [3.63, 3.8) is 0 Å². The van der Waals surface area contributed by atoms with Gasteiger partial charge in [0.2, 0.25) is 5.82 Å². The molecule has 0 aliphatic carbocycles. The van der Waals surface area contributed by atoms with Crippen molar-refractivity contribution in [3.8, 4) is 6.07 Å². The highest BCUT2D eigenvalue weighted by Gasteiger charge is 2.44. The van der Waals surface area contributed by atoms with Crippen molar-refractivity contribution in [1.82, 2.24) is 14.5 Å². The monoisotopic (exact) mass is 525 g/mol. The van der Waals surface area contributed by atoms with Gasteiger partial charge in [-0.2, -0.15) is 5.26 Å². The first-order valence-electron chi connectivity index (χ1n) is 10.6. The molecule has 0 radical (unpaired) electrons. The van der Waals surface area contributed by atoms with Crippen molar-refractivity contribution in [1.29, 1.82) is 5.26 Å². The van der Waals surface area contributed by atoms with E-state index in [0.717, 1.165) is 18.8 Å². The molecule has 0 bridgehead atoms. The summed E-state index contributed by atoms with van der Waals surface area (Å²) in [7, 11) is -3.93. The first-order chi connectivity index (χ1) is 17.0. The van der Waals surface area contributed by atoms with E-state index in [-0.39, 0.29) is 22.9 Å². The number of hydrogen-bond acceptors (Lipinski definition) is 10. The minimum absolute atomic E-state index is 0.165. The summed E-state index contributed by atoms with van der Waals surface area (Å²) >= 11 is 0. The number of hydrogen-bond donors (Lipinski definition) is 4. The van der Waals surface area contributed by atoms with Crippen LogP contribution < -0.4 is 5.32 Å². The Bertz CT molecular complexity index is 1360. The maximum Gasteiger partial charge on any atom is 0.352 e. The lowest BCUT2D eigenvalue weighted by Gasteiger charge is -2.19. The van der Waals surface area contributed by atoms with Gasteiger partial charge in [-0.1, -0.05) is 6.07 Å². The molecule has 2 aromatic heterocycles. The molecule has 2 unspecified atom stereocenters. The van der Waals surface area contributed by atoms with Crippen LogP contribution in [0.1, 0.15) is 30.6 Å².